The fourth-order valence-electron chi connectivity index (χ4n) is 2.91. The summed E-state index contributed by atoms with van der Waals surface area (Å²) in [5.41, 5.74) is 7.26. The van der Waals surface area contributed by atoms with Crippen molar-refractivity contribution in [1.82, 2.24) is 15.0 Å². The summed E-state index contributed by atoms with van der Waals surface area (Å²) in [6.45, 7) is 3.95. The maximum atomic E-state index is 12.0. The third-order valence-corrected chi connectivity index (χ3v) is 4.33. The number of carbonyl (C=O) groups is 2. The first-order chi connectivity index (χ1) is 13.5. The van der Waals surface area contributed by atoms with Crippen LogP contribution in [-0.4, -0.2) is 34.8 Å². The minimum Gasteiger partial charge on any atom is -0.465 e. The normalized spacial score (nSPS) is 10.8. The number of hydrazone groups is 1. The number of esters is 1. The number of aromatic nitrogens is 2. The van der Waals surface area contributed by atoms with E-state index in [4.69, 9.17) is 4.74 Å². The van der Waals surface area contributed by atoms with Gasteiger partial charge < -0.3 is 9.30 Å². The number of benzene rings is 1. The van der Waals surface area contributed by atoms with Crippen molar-refractivity contribution in [1.29, 1.82) is 0 Å². The van der Waals surface area contributed by atoms with Crippen molar-refractivity contribution < 1.29 is 14.3 Å². The minimum atomic E-state index is -0.370. The van der Waals surface area contributed by atoms with Gasteiger partial charge in [0, 0.05) is 40.6 Å². The first-order valence-electron chi connectivity index (χ1n) is 8.62. The van der Waals surface area contributed by atoms with Gasteiger partial charge in [0.1, 0.15) is 0 Å². The lowest BCUT2D eigenvalue weighted by molar-refractivity contribution is 0.0600. The number of methoxy groups -OCH3 is 1. The minimum absolute atomic E-state index is 0.300. The lowest BCUT2D eigenvalue weighted by Crippen LogP contribution is -2.17. The smallest absolute Gasteiger partial charge is 0.337 e. The summed E-state index contributed by atoms with van der Waals surface area (Å²) in [5, 5.41) is 4.06. The molecule has 0 radical (unpaired) electrons. The fraction of sp³-hybridized carbons (Fsp3) is 0.143. The van der Waals surface area contributed by atoms with E-state index in [1.54, 1.807) is 42.9 Å². The third-order valence-electron chi connectivity index (χ3n) is 4.33. The average molecular weight is 376 g/mol. The van der Waals surface area contributed by atoms with Crippen LogP contribution in [0.4, 0.5) is 0 Å². The molecule has 3 rings (SSSR count). The molecular weight excluding hydrogens is 356 g/mol. The zero-order valence-electron chi connectivity index (χ0n) is 15.8. The molecule has 0 unspecified atom stereocenters. The highest BCUT2D eigenvalue weighted by Gasteiger charge is 2.11. The van der Waals surface area contributed by atoms with Gasteiger partial charge in [-0.15, -0.1) is 0 Å². The molecule has 0 saturated heterocycles. The van der Waals surface area contributed by atoms with E-state index in [9.17, 15) is 9.59 Å². The molecule has 3 aromatic rings. The molecule has 1 N–H and O–H groups in total. The van der Waals surface area contributed by atoms with Crippen molar-refractivity contribution in [2.24, 2.45) is 5.10 Å². The number of pyridine rings is 1. The molecule has 0 fully saturated rings. The SMILES string of the molecule is COC(=O)c1ccc(-n2c(C)cc(/C=N\NC(=O)c3ccncc3)c2C)cc1. The van der Waals surface area contributed by atoms with Crippen LogP contribution in [-0.2, 0) is 4.74 Å². The Morgan fingerprint density at radius 3 is 2.39 bits per heavy atom. The van der Waals surface area contributed by atoms with E-state index >= 15 is 0 Å². The number of ether oxygens (including phenoxy) is 1. The topological polar surface area (TPSA) is 85.6 Å². The number of carbonyl (C=O) groups excluding carboxylic acids is 2. The molecule has 2 heterocycles. The number of rotatable bonds is 5. The molecule has 1 aromatic carbocycles. The van der Waals surface area contributed by atoms with Crippen molar-refractivity contribution in [2.75, 3.05) is 7.11 Å². The summed E-state index contributed by atoms with van der Waals surface area (Å²) in [6.07, 6.45) is 4.72. The highest BCUT2D eigenvalue weighted by Crippen LogP contribution is 2.20. The van der Waals surface area contributed by atoms with Gasteiger partial charge in [-0.2, -0.15) is 5.10 Å². The van der Waals surface area contributed by atoms with Gasteiger partial charge in [-0.1, -0.05) is 0 Å². The van der Waals surface area contributed by atoms with Gasteiger partial charge in [0.25, 0.3) is 5.91 Å². The lowest BCUT2D eigenvalue weighted by atomic mass is 10.2. The Labute approximate surface area is 162 Å². The van der Waals surface area contributed by atoms with Crippen LogP contribution in [0.1, 0.15) is 37.7 Å². The number of nitrogens with zero attached hydrogens (tertiary/aromatic N) is 3. The van der Waals surface area contributed by atoms with Crippen LogP contribution in [0.2, 0.25) is 0 Å². The highest BCUT2D eigenvalue weighted by atomic mass is 16.5. The predicted molar refractivity (Wildman–Crippen MR) is 106 cm³/mol. The van der Waals surface area contributed by atoms with Crippen LogP contribution in [0.3, 0.4) is 0 Å². The molecule has 0 bridgehead atoms. The molecule has 1 amide bonds. The Morgan fingerprint density at radius 1 is 1.07 bits per heavy atom. The second-order valence-corrected chi connectivity index (χ2v) is 6.14. The highest BCUT2D eigenvalue weighted by molar-refractivity contribution is 5.94. The Morgan fingerprint density at radius 2 is 1.75 bits per heavy atom. The zero-order valence-corrected chi connectivity index (χ0v) is 15.8. The van der Waals surface area contributed by atoms with Crippen LogP contribution >= 0.6 is 0 Å². The quantitative estimate of drug-likeness (QED) is 0.421. The summed E-state index contributed by atoms with van der Waals surface area (Å²) < 4.78 is 6.78. The van der Waals surface area contributed by atoms with E-state index in [2.05, 4.69) is 15.5 Å². The maximum absolute atomic E-state index is 12.0. The molecule has 2 aromatic heterocycles. The van der Waals surface area contributed by atoms with E-state index in [0.29, 0.717) is 11.1 Å². The maximum Gasteiger partial charge on any atom is 0.337 e. The van der Waals surface area contributed by atoms with Gasteiger partial charge >= 0.3 is 5.97 Å². The van der Waals surface area contributed by atoms with Crippen LogP contribution in [0.15, 0.2) is 60.0 Å². The van der Waals surface area contributed by atoms with Crippen molar-refractivity contribution in [3.05, 3.63) is 82.9 Å². The Bertz CT molecular complexity index is 1020. The molecule has 28 heavy (non-hydrogen) atoms. The van der Waals surface area contributed by atoms with Crippen LogP contribution in [0.25, 0.3) is 5.69 Å². The number of hydrogen-bond acceptors (Lipinski definition) is 5. The summed E-state index contributed by atoms with van der Waals surface area (Å²) in [4.78, 5) is 27.5. The van der Waals surface area contributed by atoms with Gasteiger partial charge in [-0.05, 0) is 56.3 Å². The van der Waals surface area contributed by atoms with E-state index in [0.717, 1.165) is 22.6 Å². The van der Waals surface area contributed by atoms with E-state index in [1.165, 1.54) is 7.11 Å². The van der Waals surface area contributed by atoms with Gasteiger partial charge in [-0.3, -0.25) is 9.78 Å². The Balaban J connectivity index is 1.78. The molecule has 0 spiro atoms. The molecule has 0 saturated carbocycles. The Hall–Kier alpha value is -3.74. The van der Waals surface area contributed by atoms with Crippen molar-refractivity contribution in [2.45, 2.75) is 13.8 Å². The molecule has 0 atom stereocenters. The fourth-order valence-corrected chi connectivity index (χ4v) is 2.91. The van der Waals surface area contributed by atoms with Gasteiger partial charge in [-0.25, -0.2) is 10.2 Å². The second-order valence-electron chi connectivity index (χ2n) is 6.14. The standard InChI is InChI=1S/C21H20N4O3/c1-14-12-18(13-23-24-20(26)16-8-10-22-11-9-16)15(2)25(14)19-6-4-17(5-7-19)21(27)28-3/h4-13H,1-3H3,(H,24,26)/b23-13-. The van der Waals surface area contributed by atoms with E-state index in [-0.39, 0.29) is 11.9 Å². The molecule has 0 aliphatic rings. The Kier molecular flexibility index (Phi) is 5.64. The third kappa shape index (κ3) is 3.98. The molecule has 142 valence electrons. The van der Waals surface area contributed by atoms with E-state index in [1.807, 2.05) is 36.6 Å². The molecule has 0 aliphatic heterocycles. The molecule has 7 nitrogen and oxygen atoms in total. The molecular formula is C21H20N4O3. The van der Waals surface area contributed by atoms with Crippen LogP contribution in [0, 0.1) is 13.8 Å². The summed E-state index contributed by atoms with van der Waals surface area (Å²) in [6, 6.07) is 12.4. The van der Waals surface area contributed by atoms with Crippen LogP contribution < -0.4 is 5.43 Å². The number of nitrogens with one attached hydrogen (secondary N) is 1. The van der Waals surface area contributed by atoms with Crippen molar-refractivity contribution in [3.8, 4) is 5.69 Å². The first kappa shape index (κ1) is 19.0. The summed E-state index contributed by atoms with van der Waals surface area (Å²) in [5.74, 6) is -0.670. The number of hydrogen-bond donors (Lipinski definition) is 1. The largest absolute Gasteiger partial charge is 0.465 e. The molecule has 0 aliphatic carbocycles. The van der Waals surface area contributed by atoms with Crippen molar-refractivity contribution >= 4 is 18.1 Å². The van der Waals surface area contributed by atoms with Gasteiger partial charge in [0.2, 0.25) is 0 Å². The van der Waals surface area contributed by atoms with Gasteiger partial charge in [0.05, 0.1) is 18.9 Å². The first-order valence-corrected chi connectivity index (χ1v) is 8.62. The predicted octanol–water partition coefficient (Wildman–Crippen LogP) is 3.04. The van der Waals surface area contributed by atoms with Crippen LogP contribution in [0.5, 0.6) is 0 Å². The second kappa shape index (κ2) is 8.30. The van der Waals surface area contributed by atoms with E-state index < -0.39 is 0 Å². The number of aryl methyl sites for hydroxylation is 1. The molecule has 7 heteroatoms. The zero-order chi connectivity index (χ0) is 20.1. The summed E-state index contributed by atoms with van der Waals surface area (Å²) >= 11 is 0. The monoisotopic (exact) mass is 376 g/mol. The summed E-state index contributed by atoms with van der Waals surface area (Å²) in [7, 11) is 1.36. The number of amides is 1. The van der Waals surface area contributed by atoms with Gasteiger partial charge in [0.15, 0.2) is 0 Å². The van der Waals surface area contributed by atoms with Crippen molar-refractivity contribution in [3.63, 3.8) is 0 Å². The lowest BCUT2D eigenvalue weighted by Gasteiger charge is -2.10. The average Bonchev–Trinajstić information content (AvgIpc) is 3.01.